The zero-order chi connectivity index (χ0) is 15.9. The number of carboxylic acid groups (broad SMARTS) is 1. The van der Waals surface area contributed by atoms with Gasteiger partial charge in [-0.3, -0.25) is 0 Å². The highest BCUT2D eigenvalue weighted by molar-refractivity contribution is 6.35. The minimum absolute atomic E-state index is 0.00472. The van der Waals surface area contributed by atoms with Crippen molar-refractivity contribution in [2.75, 3.05) is 18.0 Å². The van der Waals surface area contributed by atoms with Crippen LogP contribution in [-0.2, 0) is 0 Å². The van der Waals surface area contributed by atoms with Crippen molar-refractivity contribution in [2.24, 2.45) is 5.92 Å². The van der Waals surface area contributed by atoms with E-state index in [2.05, 4.69) is 4.98 Å². The lowest BCUT2D eigenvalue weighted by Crippen LogP contribution is -2.22. The first-order valence-electron chi connectivity index (χ1n) is 6.83. The molecule has 2 aromatic rings. The molecule has 1 saturated heterocycles. The molecule has 1 unspecified atom stereocenters. The molecule has 1 aliphatic heterocycles. The van der Waals surface area contributed by atoms with E-state index in [0.29, 0.717) is 29.7 Å². The number of carboxylic acids is 1. The molecule has 0 amide bonds. The van der Waals surface area contributed by atoms with Gasteiger partial charge in [-0.1, -0.05) is 11.6 Å². The normalized spacial score (nSPS) is 18.4. The van der Waals surface area contributed by atoms with Gasteiger partial charge in [0.25, 0.3) is 0 Å². The molecule has 0 spiro atoms. The Morgan fingerprint density at radius 2 is 2.14 bits per heavy atom. The number of hydrogen-bond donors (Lipinski definition) is 1. The number of pyridine rings is 1. The summed E-state index contributed by atoms with van der Waals surface area (Å²) < 4.78 is 25.5. The van der Waals surface area contributed by atoms with Gasteiger partial charge in [0.1, 0.15) is 5.82 Å². The minimum atomic E-state index is -2.33. The number of anilines is 1. The van der Waals surface area contributed by atoms with E-state index in [0.717, 1.165) is 0 Å². The van der Waals surface area contributed by atoms with E-state index in [4.69, 9.17) is 11.6 Å². The van der Waals surface area contributed by atoms with Crippen LogP contribution in [0.15, 0.2) is 24.3 Å². The van der Waals surface area contributed by atoms with Crippen molar-refractivity contribution >= 4 is 34.3 Å². The Bertz CT molecular complexity index is 739. The maximum absolute atomic E-state index is 12.7. The van der Waals surface area contributed by atoms with Crippen molar-refractivity contribution in [2.45, 2.75) is 12.8 Å². The second kappa shape index (κ2) is 5.68. The topological polar surface area (TPSA) is 53.4 Å². The lowest BCUT2D eigenvalue weighted by Gasteiger charge is -2.18. The SMILES string of the molecule is O=C(O)c1c(Cl)ccc2nc(N3CCC(C(F)F)C3)ccc12. The van der Waals surface area contributed by atoms with Crippen LogP contribution in [-0.4, -0.2) is 35.6 Å². The van der Waals surface area contributed by atoms with Crippen LogP contribution in [0.5, 0.6) is 0 Å². The van der Waals surface area contributed by atoms with Crippen molar-refractivity contribution in [1.82, 2.24) is 4.98 Å². The van der Waals surface area contributed by atoms with E-state index >= 15 is 0 Å². The number of carbonyl (C=O) groups is 1. The van der Waals surface area contributed by atoms with E-state index in [1.54, 1.807) is 23.1 Å². The Morgan fingerprint density at radius 1 is 1.36 bits per heavy atom. The standard InChI is InChI=1S/C15H13ClF2N2O2/c16-10-2-3-11-9(13(10)15(21)22)1-4-12(19-11)20-6-5-8(7-20)14(17)18/h1-4,8,14H,5-7H2,(H,21,22). The Morgan fingerprint density at radius 3 is 2.77 bits per heavy atom. The summed E-state index contributed by atoms with van der Waals surface area (Å²) in [6, 6.07) is 6.39. The molecule has 1 aromatic heterocycles. The van der Waals surface area contributed by atoms with Crippen molar-refractivity contribution in [3.05, 3.63) is 34.9 Å². The average Bonchev–Trinajstić information content (AvgIpc) is 2.96. The van der Waals surface area contributed by atoms with Crippen LogP contribution in [0.2, 0.25) is 5.02 Å². The monoisotopic (exact) mass is 326 g/mol. The summed E-state index contributed by atoms with van der Waals surface area (Å²) in [5, 5.41) is 9.82. The summed E-state index contributed by atoms with van der Waals surface area (Å²) >= 11 is 5.92. The predicted octanol–water partition coefficient (Wildman–Crippen LogP) is 3.68. The average molecular weight is 327 g/mol. The van der Waals surface area contributed by atoms with Gasteiger partial charge in [0.15, 0.2) is 0 Å². The molecule has 1 fully saturated rings. The number of rotatable bonds is 3. The second-order valence-corrected chi connectivity index (χ2v) is 5.70. The molecule has 1 aromatic carbocycles. The van der Waals surface area contributed by atoms with E-state index in [-0.39, 0.29) is 17.1 Å². The summed E-state index contributed by atoms with van der Waals surface area (Å²) in [4.78, 5) is 17.5. The number of nitrogens with zero attached hydrogens (tertiary/aromatic N) is 2. The van der Waals surface area contributed by atoms with Gasteiger partial charge in [0, 0.05) is 24.4 Å². The molecule has 0 radical (unpaired) electrons. The van der Waals surface area contributed by atoms with E-state index < -0.39 is 18.3 Å². The number of fused-ring (bicyclic) bond motifs is 1. The Balaban J connectivity index is 1.98. The van der Waals surface area contributed by atoms with Crippen LogP contribution < -0.4 is 4.90 Å². The van der Waals surface area contributed by atoms with Gasteiger partial charge < -0.3 is 10.0 Å². The highest BCUT2D eigenvalue weighted by Crippen LogP contribution is 2.30. The molecule has 3 rings (SSSR count). The molecular weight excluding hydrogens is 314 g/mol. The molecule has 0 saturated carbocycles. The molecule has 7 heteroatoms. The first-order chi connectivity index (χ1) is 10.5. The molecule has 0 aliphatic carbocycles. The van der Waals surface area contributed by atoms with Crippen LogP contribution in [0.4, 0.5) is 14.6 Å². The smallest absolute Gasteiger partial charge is 0.337 e. The fourth-order valence-corrected chi connectivity index (χ4v) is 3.01. The zero-order valence-corrected chi connectivity index (χ0v) is 12.2. The lowest BCUT2D eigenvalue weighted by atomic mass is 10.1. The van der Waals surface area contributed by atoms with Gasteiger partial charge in [-0.25, -0.2) is 18.6 Å². The molecule has 22 heavy (non-hydrogen) atoms. The maximum Gasteiger partial charge on any atom is 0.337 e. The van der Waals surface area contributed by atoms with Crippen LogP contribution in [0.1, 0.15) is 16.8 Å². The summed E-state index contributed by atoms with van der Waals surface area (Å²) in [5.74, 6) is -1.18. The third kappa shape index (κ3) is 2.59. The molecule has 0 bridgehead atoms. The van der Waals surface area contributed by atoms with Crippen molar-refractivity contribution in [1.29, 1.82) is 0 Å². The first-order valence-corrected chi connectivity index (χ1v) is 7.21. The number of halogens is 3. The number of aromatic carboxylic acids is 1. The molecular formula is C15H13ClF2N2O2. The van der Waals surface area contributed by atoms with Crippen LogP contribution in [0, 0.1) is 5.92 Å². The maximum atomic E-state index is 12.7. The zero-order valence-electron chi connectivity index (χ0n) is 11.5. The van der Waals surface area contributed by atoms with Gasteiger partial charge in [0.2, 0.25) is 6.43 Å². The summed E-state index contributed by atoms with van der Waals surface area (Å²) in [7, 11) is 0. The van der Waals surface area contributed by atoms with Gasteiger partial charge in [-0.15, -0.1) is 0 Å². The lowest BCUT2D eigenvalue weighted by molar-refractivity contribution is 0.0699. The van der Waals surface area contributed by atoms with Gasteiger partial charge >= 0.3 is 5.97 Å². The highest BCUT2D eigenvalue weighted by atomic mass is 35.5. The molecule has 4 nitrogen and oxygen atoms in total. The fourth-order valence-electron chi connectivity index (χ4n) is 2.76. The Kier molecular flexibility index (Phi) is 3.87. The van der Waals surface area contributed by atoms with Gasteiger partial charge in [0.05, 0.1) is 16.1 Å². The summed E-state index contributed by atoms with van der Waals surface area (Å²) in [6.45, 7) is 0.780. The summed E-state index contributed by atoms with van der Waals surface area (Å²) in [6.07, 6.45) is -1.90. The van der Waals surface area contributed by atoms with Crippen molar-refractivity contribution in [3.63, 3.8) is 0 Å². The minimum Gasteiger partial charge on any atom is -0.478 e. The predicted molar refractivity (Wildman–Crippen MR) is 80.0 cm³/mol. The molecule has 1 atom stereocenters. The van der Waals surface area contributed by atoms with Gasteiger partial charge in [-0.05, 0) is 30.7 Å². The van der Waals surface area contributed by atoms with Crippen LogP contribution in [0.3, 0.4) is 0 Å². The van der Waals surface area contributed by atoms with Crippen molar-refractivity contribution < 1.29 is 18.7 Å². The summed E-state index contributed by atoms with van der Waals surface area (Å²) in [5.41, 5.74) is 0.491. The fraction of sp³-hybridized carbons (Fsp3) is 0.333. The number of hydrogen-bond acceptors (Lipinski definition) is 3. The Labute approximate surface area is 130 Å². The van der Waals surface area contributed by atoms with E-state index in [1.165, 1.54) is 6.07 Å². The number of aromatic nitrogens is 1. The quantitative estimate of drug-likeness (QED) is 0.935. The number of alkyl halides is 2. The van der Waals surface area contributed by atoms with Crippen LogP contribution in [0.25, 0.3) is 10.9 Å². The third-order valence-corrected chi connectivity index (χ3v) is 4.24. The van der Waals surface area contributed by atoms with Gasteiger partial charge in [-0.2, -0.15) is 0 Å². The number of benzene rings is 1. The third-order valence-electron chi connectivity index (χ3n) is 3.92. The largest absolute Gasteiger partial charge is 0.478 e. The first kappa shape index (κ1) is 15.0. The molecule has 116 valence electrons. The van der Waals surface area contributed by atoms with Crippen LogP contribution >= 0.6 is 11.6 Å². The Hall–Kier alpha value is -1.95. The van der Waals surface area contributed by atoms with Crippen molar-refractivity contribution in [3.8, 4) is 0 Å². The molecule has 1 N–H and O–H groups in total. The highest BCUT2D eigenvalue weighted by Gasteiger charge is 2.30. The second-order valence-electron chi connectivity index (χ2n) is 5.29. The molecule has 2 heterocycles. The molecule has 1 aliphatic rings. The van der Waals surface area contributed by atoms with E-state index in [9.17, 15) is 18.7 Å². The van der Waals surface area contributed by atoms with E-state index in [1.807, 2.05) is 0 Å².